The maximum absolute atomic E-state index is 11.2. The van der Waals surface area contributed by atoms with Gasteiger partial charge in [0.15, 0.2) is 0 Å². The molecule has 1 heterocycles. The maximum Gasteiger partial charge on any atom is 0.305 e. The van der Waals surface area contributed by atoms with E-state index in [1.807, 2.05) is 11.3 Å². The molecule has 0 aliphatic rings. The van der Waals surface area contributed by atoms with Crippen molar-refractivity contribution in [3.63, 3.8) is 0 Å². The van der Waals surface area contributed by atoms with Crippen LogP contribution in [0.4, 0.5) is 0 Å². The van der Waals surface area contributed by atoms with Crippen LogP contribution in [0.2, 0.25) is 0 Å². The van der Waals surface area contributed by atoms with Gasteiger partial charge in [-0.25, -0.2) is 0 Å². The van der Waals surface area contributed by atoms with Gasteiger partial charge in [-0.1, -0.05) is 24.3 Å². The average Bonchev–Trinajstić information content (AvgIpc) is 2.82. The molecule has 3 aromatic rings. The van der Waals surface area contributed by atoms with Crippen LogP contribution in [0.1, 0.15) is 12.0 Å². The number of hydrogen-bond donors (Lipinski definition) is 0. The van der Waals surface area contributed by atoms with E-state index in [4.69, 9.17) is 0 Å². The molecule has 2 aromatic carbocycles. The van der Waals surface area contributed by atoms with Crippen molar-refractivity contribution in [3.05, 3.63) is 48.0 Å². The normalized spacial score (nSPS) is 11.0. The first kappa shape index (κ1) is 12.2. The number of fused-ring (bicyclic) bond motifs is 3. The van der Waals surface area contributed by atoms with Gasteiger partial charge in [-0.3, -0.25) is 4.79 Å². The minimum Gasteiger partial charge on any atom is -0.469 e. The lowest BCUT2D eigenvalue weighted by Crippen LogP contribution is -2.01. The van der Waals surface area contributed by atoms with Crippen molar-refractivity contribution < 1.29 is 9.53 Å². The number of carbonyl (C=O) groups excluding carboxylic acids is 1. The van der Waals surface area contributed by atoms with Crippen molar-refractivity contribution in [1.29, 1.82) is 0 Å². The minimum absolute atomic E-state index is 0.157. The van der Waals surface area contributed by atoms with Crippen LogP contribution in [0.3, 0.4) is 0 Å². The van der Waals surface area contributed by atoms with Crippen LogP contribution in [0.25, 0.3) is 20.2 Å². The Morgan fingerprint density at radius 1 is 1.11 bits per heavy atom. The van der Waals surface area contributed by atoms with E-state index in [0.717, 1.165) is 6.42 Å². The molecule has 0 radical (unpaired) electrons. The molecule has 0 spiro atoms. The highest BCUT2D eigenvalue weighted by molar-refractivity contribution is 7.25. The van der Waals surface area contributed by atoms with Crippen LogP contribution < -0.4 is 0 Å². The van der Waals surface area contributed by atoms with Crippen LogP contribution in [-0.2, 0) is 16.0 Å². The van der Waals surface area contributed by atoms with Crippen molar-refractivity contribution in [2.24, 2.45) is 0 Å². The number of benzene rings is 2. The Hall–Kier alpha value is -1.87. The summed E-state index contributed by atoms with van der Waals surface area (Å²) in [5.41, 5.74) is 1.18. The van der Waals surface area contributed by atoms with Gasteiger partial charge < -0.3 is 4.74 Å². The average molecular weight is 270 g/mol. The largest absolute Gasteiger partial charge is 0.469 e. The van der Waals surface area contributed by atoms with Gasteiger partial charge in [-0.05, 0) is 30.2 Å². The van der Waals surface area contributed by atoms with Crippen LogP contribution in [0.5, 0.6) is 0 Å². The summed E-state index contributed by atoms with van der Waals surface area (Å²) >= 11 is 1.81. The summed E-state index contributed by atoms with van der Waals surface area (Å²) in [5.74, 6) is -0.157. The zero-order valence-electron chi connectivity index (χ0n) is 10.7. The molecule has 0 bridgehead atoms. The molecule has 0 saturated heterocycles. The molecular formula is C16H14O2S. The molecule has 3 rings (SSSR count). The second-order valence-corrected chi connectivity index (χ2v) is 5.59. The second kappa shape index (κ2) is 5.02. The van der Waals surface area contributed by atoms with Gasteiger partial charge in [-0.15, -0.1) is 11.3 Å². The van der Waals surface area contributed by atoms with E-state index in [1.54, 1.807) is 0 Å². The molecule has 0 fully saturated rings. The molecule has 0 N–H and O–H groups in total. The van der Waals surface area contributed by atoms with E-state index >= 15 is 0 Å². The molecule has 1 aromatic heterocycles. The van der Waals surface area contributed by atoms with Crippen molar-refractivity contribution in [3.8, 4) is 0 Å². The first-order valence-corrected chi connectivity index (χ1v) is 7.06. The Morgan fingerprint density at radius 3 is 2.74 bits per heavy atom. The van der Waals surface area contributed by atoms with Gasteiger partial charge >= 0.3 is 5.97 Å². The molecule has 0 aliphatic carbocycles. The summed E-state index contributed by atoms with van der Waals surface area (Å²) in [6.45, 7) is 0. The quantitative estimate of drug-likeness (QED) is 0.668. The fourth-order valence-corrected chi connectivity index (χ4v) is 3.36. The molecule has 0 saturated carbocycles. The molecule has 3 heteroatoms. The lowest BCUT2D eigenvalue weighted by molar-refractivity contribution is -0.140. The van der Waals surface area contributed by atoms with Crippen LogP contribution >= 0.6 is 11.3 Å². The van der Waals surface area contributed by atoms with Crippen molar-refractivity contribution in [2.45, 2.75) is 12.8 Å². The Bertz CT molecular complexity index is 743. The minimum atomic E-state index is -0.157. The summed E-state index contributed by atoms with van der Waals surface area (Å²) in [6, 6.07) is 14.9. The first-order chi connectivity index (χ1) is 9.28. The number of carbonyl (C=O) groups is 1. The summed E-state index contributed by atoms with van der Waals surface area (Å²) in [7, 11) is 1.43. The van der Waals surface area contributed by atoms with Crippen molar-refractivity contribution in [1.82, 2.24) is 0 Å². The van der Waals surface area contributed by atoms with Crippen LogP contribution in [-0.4, -0.2) is 13.1 Å². The fraction of sp³-hybridized carbons (Fsp3) is 0.188. The number of aryl methyl sites for hydroxylation is 1. The highest BCUT2D eigenvalue weighted by Crippen LogP contribution is 2.34. The molecule has 19 heavy (non-hydrogen) atoms. The van der Waals surface area contributed by atoms with E-state index in [1.165, 1.54) is 32.8 Å². The predicted octanol–water partition coefficient (Wildman–Crippen LogP) is 4.16. The Labute approximate surface area is 115 Å². The summed E-state index contributed by atoms with van der Waals surface area (Å²) in [4.78, 5) is 11.2. The van der Waals surface area contributed by atoms with Gasteiger partial charge in [0, 0.05) is 26.6 Å². The SMILES string of the molecule is COC(=O)CCc1ccc2sc3ccccc3c2c1. The number of rotatable bonds is 3. The number of thiophene rings is 1. The van der Waals surface area contributed by atoms with Gasteiger partial charge in [0.2, 0.25) is 0 Å². The zero-order valence-corrected chi connectivity index (χ0v) is 11.5. The molecule has 0 aliphatic heterocycles. The highest BCUT2D eigenvalue weighted by atomic mass is 32.1. The van der Waals surface area contributed by atoms with E-state index < -0.39 is 0 Å². The van der Waals surface area contributed by atoms with Crippen molar-refractivity contribution >= 4 is 37.5 Å². The molecule has 0 unspecified atom stereocenters. The molecular weight excluding hydrogens is 256 g/mol. The fourth-order valence-electron chi connectivity index (χ4n) is 2.28. The third-order valence-electron chi connectivity index (χ3n) is 3.29. The summed E-state index contributed by atoms with van der Waals surface area (Å²) in [6.07, 6.45) is 1.16. The van der Waals surface area contributed by atoms with E-state index in [9.17, 15) is 4.79 Å². The van der Waals surface area contributed by atoms with Gasteiger partial charge in [-0.2, -0.15) is 0 Å². The summed E-state index contributed by atoms with van der Waals surface area (Å²) in [5, 5.41) is 2.57. The van der Waals surface area contributed by atoms with Crippen LogP contribution in [0, 0.1) is 0 Å². The van der Waals surface area contributed by atoms with Crippen molar-refractivity contribution in [2.75, 3.05) is 7.11 Å². The Morgan fingerprint density at radius 2 is 1.89 bits per heavy atom. The second-order valence-electron chi connectivity index (χ2n) is 4.50. The topological polar surface area (TPSA) is 26.3 Å². The monoisotopic (exact) mass is 270 g/mol. The van der Waals surface area contributed by atoms with E-state index in [2.05, 4.69) is 47.2 Å². The molecule has 2 nitrogen and oxygen atoms in total. The van der Waals surface area contributed by atoms with Crippen LogP contribution in [0.15, 0.2) is 42.5 Å². The lowest BCUT2D eigenvalue weighted by Gasteiger charge is -2.01. The molecule has 96 valence electrons. The first-order valence-electron chi connectivity index (χ1n) is 6.25. The number of ether oxygens (including phenoxy) is 1. The Balaban J connectivity index is 1.99. The third kappa shape index (κ3) is 2.34. The highest BCUT2D eigenvalue weighted by Gasteiger charge is 2.06. The standard InChI is InChI=1S/C16H14O2S/c1-18-16(17)9-7-11-6-8-15-13(10-11)12-4-2-3-5-14(12)19-15/h2-6,8,10H,7,9H2,1H3. The molecule has 0 atom stereocenters. The lowest BCUT2D eigenvalue weighted by atomic mass is 10.1. The van der Waals surface area contributed by atoms with E-state index in [0.29, 0.717) is 6.42 Å². The van der Waals surface area contributed by atoms with Gasteiger partial charge in [0.25, 0.3) is 0 Å². The summed E-state index contributed by atoms with van der Waals surface area (Å²) < 4.78 is 7.28. The number of esters is 1. The zero-order chi connectivity index (χ0) is 13.2. The third-order valence-corrected chi connectivity index (χ3v) is 4.44. The number of methoxy groups -OCH3 is 1. The predicted molar refractivity (Wildman–Crippen MR) is 79.7 cm³/mol. The molecule has 0 amide bonds. The smallest absolute Gasteiger partial charge is 0.305 e. The van der Waals surface area contributed by atoms with E-state index in [-0.39, 0.29) is 5.97 Å². The number of hydrogen-bond acceptors (Lipinski definition) is 3. The van der Waals surface area contributed by atoms with Gasteiger partial charge in [0.05, 0.1) is 7.11 Å². The van der Waals surface area contributed by atoms with Gasteiger partial charge in [0.1, 0.15) is 0 Å². The Kier molecular flexibility index (Phi) is 3.22. The maximum atomic E-state index is 11.2.